The van der Waals surface area contributed by atoms with Crippen molar-refractivity contribution in [1.82, 2.24) is 5.32 Å². The van der Waals surface area contributed by atoms with Gasteiger partial charge >= 0.3 is 12.1 Å². The van der Waals surface area contributed by atoms with Crippen molar-refractivity contribution in [2.24, 2.45) is 0 Å². The van der Waals surface area contributed by atoms with Gasteiger partial charge in [-0.25, -0.2) is 9.59 Å². The van der Waals surface area contributed by atoms with Crippen molar-refractivity contribution in [3.05, 3.63) is 95.6 Å². The van der Waals surface area contributed by atoms with Gasteiger partial charge in [0.25, 0.3) is 0 Å². The monoisotopic (exact) mass is 531 g/mol. The zero-order valence-electron chi connectivity index (χ0n) is 22.1. The SMILES string of the molecule is CC1(C)O[C@H](CNC(=O)OCC2c3ccccc3-c3ccccc32)[C@@H](COCC(=O)OCc2ccccc2)O1. The number of carbonyl (C=O) groups excluding carboxylic acids is 2. The lowest BCUT2D eigenvalue weighted by Crippen LogP contribution is -2.40. The van der Waals surface area contributed by atoms with Crippen LogP contribution in [0, 0.1) is 0 Å². The van der Waals surface area contributed by atoms with Crippen LogP contribution in [0.5, 0.6) is 0 Å². The number of hydrogen-bond acceptors (Lipinski definition) is 7. The second kappa shape index (κ2) is 12.0. The predicted molar refractivity (Wildman–Crippen MR) is 144 cm³/mol. The number of alkyl carbamates (subject to hydrolysis) is 1. The van der Waals surface area contributed by atoms with E-state index in [9.17, 15) is 9.59 Å². The number of benzene rings is 3. The van der Waals surface area contributed by atoms with E-state index in [1.54, 1.807) is 13.8 Å². The maximum absolute atomic E-state index is 12.6. The van der Waals surface area contributed by atoms with Crippen molar-refractivity contribution in [3.8, 4) is 11.1 Å². The number of carbonyl (C=O) groups is 2. The second-order valence-electron chi connectivity index (χ2n) is 10.1. The van der Waals surface area contributed by atoms with Crippen molar-refractivity contribution in [3.63, 3.8) is 0 Å². The highest BCUT2D eigenvalue weighted by Crippen LogP contribution is 2.44. The summed E-state index contributed by atoms with van der Waals surface area (Å²) < 4.78 is 28.3. The summed E-state index contributed by atoms with van der Waals surface area (Å²) in [6, 6.07) is 25.8. The van der Waals surface area contributed by atoms with Gasteiger partial charge in [0.15, 0.2) is 5.79 Å². The van der Waals surface area contributed by atoms with Crippen LogP contribution in [0.25, 0.3) is 11.1 Å². The predicted octanol–water partition coefficient (Wildman–Crippen LogP) is 4.81. The minimum absolute atomic E-state index is 0.0176. The standard InChI is InChI=1S/C31H33NO7/c1-31(2)38-27(28(39-31)19-35-20-29(33)36-17-21-10-4-3-5-11-21)16-32-30(34)37-18-26-24-14-8-6-12-22(24)23-13-7-9-15-25(23)26/h3-15,26-28H,16-20H2,1-2H3,(H,32,34)/t27-,28-/m1/s1. The van der Waals surface area contributed by atoms with E-state index in [4.69, 9.17) is 23.7 Å². The topological polar surface area (TPSA) is 92.3 Å². The molecule has 1 N–H and O–H groups in total. The third-order valence-corrected chi connectivity index (χ3v) is 6.82. The first-order chi connectivity index (χ1) is 18.9. The van der Waals surface area contributed by atoms with Crippen molar-refractivity contribution in [2.75, 3.05) is 26.4 Å². The van der Waals surface area contributed by atoms with Crippen LogP contribution < -0.4 is 5.32 Å². The zero-order valence-corrected chi connectivity index (χ0v) is 22.1. The lowest BCUT2D eigenvalue weighted by atomic mass is 9.98. The summed E-state index contributed by atoms with van der Waals surface area (Å²) in [6.45, 7) is 4.08. The Morgan fingerprint density at radius 2 is 1.41 bits per heavy atom. The van der Waals surface area contributed by atoms with Gasteiger partial charge in [0.1, 0.15) is 32.0 Å². The summed E-state index contributed by atoms with van der Waals surface area (Å²) >= 11 is 0. The van der Waals surface area contributed by atoms with Gasteiger partial charge in [-0.3, -0.25) is 0 Å². The molecule has 2 aliphatic rings. The molecule has 1 fully saturated rings. The summed E-state index contributed by atoms with van der Waals surface area (Å²) in [6.07, 6.45) is -1.48. The number of ether oxygens (including phenoxy) is 5. The molecule has 0 unspecified atom stereocenters. The molecule has 1 saturated heterocycles. The smallest absolute Gasteiger partial charge is 0.407 e. The van der Waals surface area contributed by atoms with Gasteiger partial charge in [-0.2, -0.15) is 0 Å². The maximum Gasteiger partial charge on any atom is 0.407 e. The van der Waals surface area contributed by atoms with Crippen LogP contribution >= 0.6 is 0 Å². The van der Waals surface area contributed by atoms with Crippen LogP contribution in [-0.4, -0.2) is 56.4 Å². The quantitative estimate of drug-likeness (QED) is 0.376. The molecule has 1 aliphatic carbocycles. The van der Waals surface area contributed by atoms with Crippen molar-refractivity contribution < 1.29 is 33.3 Å². The van der Waals surface area contributed by atoms with Crippen molar-refractivity contribution in [2.45, 2.75) is 44.4 Å². The Labute approximate surface area is 228 Å². The normalized spacial score (nSPS) is 19.2. The zero-order chi connectivity index (χ0) is 27.2. The fourth-order valence-electron chi connectivity index (χ4n) is 5.09. The third-order valence-electron chi connectivity index (χ3n) is 6.82. The van der Waals surface area contributed by atoms with Gasteiger partial charge in [0, 0.05) is 12.5 Å². The first-order valence-electron chi connectivity index (χ1n) is 13.1. The molecule has 0 aromatic heterocycles. The van der Waals surface area contributed by atoms with Crippen molar-refractivity contribution in [1.29, 1.82) is 0 Å². The second-order valence-corrected chi connectivity index (χ2v) is 10.1. The van der Waals surface area contributed by atoms with Gasteiger partial charge in [-0.1, -0.05) is 78.9 Å². The van der Waals surface area contributed by atoms with E-state index in [2.05, 4.69) is 29.6 Å². The first kappa shape index (κ1) is 26.9. The molecule has 3 aromatic carbocycles. The summed E-state index contributed by atoms with van der Waals surface area (Å²) in [7, 11) is 0. The van der Waals surface area contributed by atoms with E-state index in [0.29, 0.717) is 0 Å². The van der Waals surface area contributed by atoms with Gasteiger partial charge in [-0.05, 0) is 41.7 Å². The molecule has 8 nitrogen and oxygen atoms in total. The van der Waals surface area contributed by atoms with E-state index in [-0.39, 0.29) is 38.9 Å². The Morgan fingerprint density at radius 3 is 2.10 bits per heavy atom. The fourth-order valence-corrected chi connectivity index (χ4v) is 5.09. The fraction of sp³-hybridized carbons (Fsp3) is 0.355. The van der Waals surface area contributed by atoms with Gasteiger partial charge < -0.3 is 29.0 Å². The molecule has 5 rings (SSSR count). The van der Waals surface area contributed by atoms with Gasteiger partial charge in [0.2, 0.25) is 0 Å². The molecule has 204 valence electrons. The highest BCUT2D eigenvalue weighted by Gasteiger charge is 2.41. The van der Waals surface area contributed by atoms with E-state index < -0.39 is 30.1 Å². The summed E-state index contributed by atoms with van der Waals surface area (Å²) in [5.74, 6) is -1.34. The molecule has 1 heterocycles. The van der Waals surface area contributed by atoms with E-state index in [1.165, 1.54) is 11.1 Å². The molecule has 1 amide bonds. The third kappa shape index (κ3) is 6.65. The maximum atomic E-state index is 12.6. The van der Waals surface area contributed by atoms with Crippen molar-refractivity contribution >= 4 is 12.1 Å². The lowest BCUT2D eigenvalue weighted by Gasteiger charge is -2.18. The van der Waals surface area contributed by atoms with Crippen LogP contribution in [0.3, 0.4) is 0 Å². The largest absolute Gasteiger partial charge is 0.459 e. The van der Waals surface area contributed by atoms with E-state index in [0.717, 1.165) is 16.7 Å². The lowest BCUT2D eigenvalue weighted by molar-refractivity contribution is -0.157. The molecule has 8 heteroatoms. The molecule has 3 aromatic rings. The Bertz CT molecular complexity index is 1250. The Morgan fingerprint density at radius 1 is 0.795 bits per heavy atom. The number of fused-ring (bicyclic) bond motifs is 3. The average Bonchev–Trinajstić information content (AvgIpc) is 3.43. The minimum Gasteiger partial charge on any atom is -0.459 e. The molecule has 0 saturated carbocycles. The van der Waals surface area contributed by atoms with E-state index in [1.807, 2.05) is 54.6 Å². The molecule has 0 bridgehead atoms. The van der Waals surface area contributed by atoms with Gasteiger partial charge in [-0.15, -0.1) is 0 Å². The van der Waals surface area contributed by atoms with Crippen LogP contribution in [0.15, 0.2) is 78.9 Å². The van der Waals surface area contributed by atoms with Crippen LogP contribution in [0.1, 0.15) is 36.5 Å². The number of rotatable bonds is 10. The summed E-state index contributed by atoms with van der Waals surface area (Å²) in [5.41, 5.74) is 5.56. The van der Waals surface area contributed by atoms with E-state index >= 15 is 0 Å². The average molecular weight is 532 g/mol. The minimum atomic E-state index is -0.852. The van der Waals surface area contributed by atoms with Crippen LogP contribution in [0.4, 0.5) is 4.79 Å². The molecule has 0 spiro atoms. The number of esters is 1. The Balaban J connectivity index is 1.08. The summed E-state index contributed by atoms with van der Waals surface area (Å²) in [4.78, 5) is 24.7. The van der Waals surface area contributed by atoms with Crippen LogP contribution in [-0.2, 0) is 35.1 Å². The molecular weight excluding hydrogens is 498 g/mol. The van der Waals surface area contributed by atoms with Gasteiger partial charge in [0.05, 0.1) is 6.61 Å². The number of nitrogens with one attached hydrogen (secondary N) is 1. The first-order valence-corrected chi connectivity index (χ1v) is 13.1. The molecular formula is C31H33NO7. The summed E-state index contributed by atoms with van der Waals surface area (Å²) in [5, 5.41) is 2.79. The highest BCUT2D eigenvalue weighted by atomic mass is 16.8. The van der Waals surface area contributed by atoms with Crippen LogP contribution in [0.2, 0.25) is 0 Å². The number of hydrogen-bond donors (Lipinski definition) is 1. The Hall–Kier alpha value is -3.72. The highest BCUT2D eigenvalue weighted by molar-refractivity contribution is 5.79. The molecule has 39 heavy (non-hydrogen) atoms. The molecule has 0 radical (unpaired) electrons. The molecule has 1 aliphatic heterocycles. The number of amides is 1. The Kier molecular flexibility index (Phi) is 8.26. The molecule has 2 atom stereocenters.